The second-order valence-corrected chi connectivity index (χ2v) is 12.6. The van der Waals surface area contributed by atoms with Crippen molar-refractivity contribution in [1.29, 1.82) is 0 Å². The zero-order valence-electron chi connectivity index (χ0n) is 25.2. The molecule has 2 aliphatic heterocycles. The Bertz CT molecular complexity index is 1410. The van der Waals surface area contributed by atoms with Crippen molar-refractivity contribution in [1.82, 2.24) is 19.6 Å². The van der Waals surface area contributed by atoms with Gasteiger partial charge < -0.3 is 24.4 Å². The molecule has 4 heterocycles. The molecule has 11 heteroatoms. The molecule has 226 valence electrons. The first-order valence-electron chi connectivity index (χ1n) is 14.6. The van der Waals surface area contributed by atoms with E-state index in [1.54, 1.807) is 36.7 Å². The first-order chi connectivity index (χ1) is 20.1. The number of methoxy groups -OCH3 is 1. The van der Waals surface area contributed by atoms with E-state index in [4.69, 9.17) is 9.47 Å². The number of carbonyl (C=O) groups is 2. The Morgan fingerprint density at radius 3 is 2.50 bits per heavy atom. The number of fused-ring (bicyclic) bond motifs is 1. The van der Waals surface area contributed by atoms with E-state index >= 15 is 0 Å². The van der Waals surface area contributed by atoms with Gasteiger partial charge >= 0.3 is 0 Å². The van der Waals surface area contributed by atoms with Crippen LogP contribution in [0.5, 0.6) is 5.75 Å². The van der Waals surface area contributed by atoms with E-state index < -0.39 is 18.0 Å². The van der Waals surface area contributed by atoms with Gasteiger partial charge in [0.25, 0.3) is 5.91 Å². The van der Waals surface area contributed by atoms with Crippen LogP contribution < -0.4 is 9.64 Å². The van der Waals surface area contributed by atoms with E-state index in [-0.39, 0.29) is 24.5 Å². The summed E-state index contributed by atoms with van der Waals surface area (Å²) in [5.41, 5.74) is 0.724. The number of hydrogen-bond acceptors (Lipinski definition) is 8. The molecule has 3 aromatic rings. The van der Waals surface area contributed by atoms with Gasteiger partial charge in [0.15, 0.2) is 0 Å². The summed E-state index contributed by atoms with van der Waals surface area (Å²) in [6.07, 6.45) is 4.42. The lowest BCUT2D eigenvalue weighted by atomic mass is 9.95. The number of carbonyl (C=O) groups excluding carboxylic acids is 2. The maximum Gasteiger partial charge on any atom is 0.261 e. The molecule has 0 saturated carbocycles. The zero-order valence-corrected chi connectivity index (χ0v) is 26.1. The number of aliphatic hydroxyl groups excluding tert-OH is 1. The normalized spacial score (nSPS) is 18.4. The molecule has 2 amide bonds. The predicted molar refractivity (Wildman–Crippen MR) is 162 cm³/mol. The van der Waals surface area contributed by atoms with E-state index in [1.165, 1.54) is 16.2 Å². The summed E-state index contributed by atoms with van der Waals surface area (Å²) in [6.45, 7) is 10.8. The third-order valence-electron chi connectivity index (χ3n) is 8.07. The van der Waals surface area contributed by atoms with Crippen LogP contribution in [0, 0.1) is 6.92 Å². The van der Waals surface area contributed by atoms with Crippen LogP contribution in [0.4, 0.5) is 5.00 Å². The highest BCUT2D eigenvalue weighted by Gasteiger charge is 2.51. The quantitative estimate of drug-likeness (QED) is 0.381. The van der Waals surface area contributed by atoms with E-state index in [0.717, 1.165) is 35.4 Å². The van der Waals surface area contributed by atoms with Crippen LogP contribution in [0.3, 0.4) is 0 Å². The highest BCUT2D eigenvalue weighted by molar-refractivity contribution is 7.19. The summed E-state index contributed by atoms with van der Waals surface area (Å²) in [7, 11) is 1.62. The molecule has 0 radical (unpaired) electrons. The number of likely N-dealkylation sites (tertiary alicyclic amines) is 1. The number of hydrogen-bond donors (Lipinski definition) is 1. The molecule has 0 aliphatic carbocycles. The molecule has 10 nitrogen and oxygen atoms in total. The second-order valence-electron chi connectivity index (χ2n) is 11.7. The summed E-state index contributed by atoms with van der Waals surface area (Å²) >= 11 is 1.39. The van der Waals surface area contributed by atoms with Crippen molar-refractivity contribution in [2.45, 2.75) is 78.0 Å². The van der Waals surface area contributed by atoms with Gasteiger partial charge in [-0.1, -0.05) is 29.5 Å². The van der Waals surface area contributed by atoms with Crippen LogP contribution in [-0.2, 0) is 9.53 Å². The van der Waals surface area contributed by atoms with Gasteiger partial charge in [-0.3, -0.25) is 14.5 Å². The maximum atomic E-state index is 14.3. The summed E-state index contributed by atoms with van der Waals surface area (Å²) in [5, 5.41) is 17.9. The third kappa shape index (κ3) is 5.41. The number of piperidine rings is 1. The molecule has 2 aromatic heterocycles. The fourth-order valence-corrected chi connectivity index (χ4v) is 7.25. The van der Waals surface area contributed by atoms with Gasteiger partial charge in [-0.05, 0) is 66.0 Å². The van der Waals surface area contributed by atoms with Crippen molar-refractivity contribution in [3.63, 3.8) is 0 Å². The molecule has 5 rings (SSSR count). The number of aromatic nitrogens is 2. The van der Waals surface area contributed by atoms with E-state index in [1.807, 2.05) is 62.2 Å². The summed E-state index contributed by atoms with van der Waals surface area (Å²) in [5.74, 6) is 0.121. The van der Waals surface area contributed by atoms with Crippen molar-refractivity contribution < 1.29 is 24.2 Å². The molecule has 2 aliphatic rings. The number of aliphatic hydroxyl groups is 1. The van der Waals surface area contributed by atoms with Gasteiger partial charge in [0, 0.05) is 36.6 Å². The zero-order chi connectivity index (χ0) is 30.2. The summed E-state index contributed by atoms with van der Waals surface area (Å²) < 4.78 is 13.8. The Balaban J connectivity index is 1.62. The van der Waals surface area contributed by atoms with Gasteiger partial charge in [-0.2, -0.15) is 5.10 Å². The van der Waals surface area contributed by atoms with Crippen LogP contribution in [-0.4, -0.2) is 81.2 Å². The molecule has 2 atom stereocenters. The summed E-state index contributed by atoms with van der Waals surface area (Å²) in [4.78, 5) is 33.2. The standard InChI is InChI=1S/C31H41N5O5S/c1-20(2)41-24(22-13-8-9-14-23(22)40-6)19-34-28-25(21(3)27(42-28)35-18-12-15-32-35)26(37)36(30(34)39)31(4,5)29(38)33-16-10-7-11-17-33/h8-9,12-15,18,20,24,30,39H,7,10-11,16-17,19H2,1-6H3/t24-,30?/m0/s1. The number of para-hydroxylation sites is 1. The largest absolute Gasteiger partial charge is 0.496 e. The third-order valence-corrected chi connectivity index (χ3v) is 9.39. The number of anilines is 1. The van der Waals surface area contributed by atoms with Gasteiger partial charge in [0.2, 0.25) is 12.3 Å². The van der Waals surface area contributed by atoms with Crippen molar-refractivity contribution >= 4 is 28.2 Å². The molecule has 1 N–H and O–H groups in total. The highest BCUT2D eigenvalue weighted by Crippen LogP contribution is 2.46. The smallest absolute Gasteiger partial charge is 0.261 e. The lowest BCUT2D eigenvalue weighted by Crippen LogP contribution is -2.67. The first-order valence-corrected chi connectivity index (χ1v) is 15.4. The Morgan fingerprint density at radius 2 is 1.86 bits per heavy atom. The van der Waals surface area contributed by atoms with E-state index in [0.29, 0.717) is 29.4 Å². The van der Waals surface area contributed by atoms with Crippen LogP contribution >= 0.6 is 11.3 Å². The number of nitrogens with zero attached hydrogens (tertiary/aromatic N) is 5. The van der Waals surface area contributed by atoms with Crippen LogP contribution in [0.2, 0.25) is 0 Å². The Kier molecular flexibility index (Phi) is 8.63. The van der Waals surface area contributed by atoms with E-state index in [2.05, 4.69) is 5.10 Å². The number of ether oxygens (including phenoxy) is 2. The van der Waals surface area contributed by atoms with E-state index in [9.17, 15) is 14.7 Å². The SMILES string of the molecule is COc1ccccc1[C@H](CN1c2sc(-n3cccn3)c(C)c2C(=O)N(C(C)(C)C(=O)N2CCCCC2)C1O)OC(C)C. The van der Waals surface area contributed by atoms with Gasteiger partial charge in [0.05, 0.1) is 25.3 Å². The first kappa shape index (κ1) is 30.1. The predicted octanol–water partition coefficient (Wildman–Crippen LogP) is 4.75. The molecule has 42 heavy (non-hydrogen) atoms. The monoisotopic (exact) mass is 595 g/mol. The molecular weight excluding hydrogens is 554 g/mol. The topological polar surface area (TPSA) is 100 Å². The van der Waals surface area contributed by atoms with Crippen molar-refractivity contribution in [3.05, 3.63) is 59.4 Å². The number of amides is 2. The lowest BCUT2D eigenvalue weighted by Gasteiger charge is -2.49. The lowest BCUT2D eigenvalue weighted by molar-refractivity contribution is -0.148. The van der Waals surface area contributed by atoms with Crippen LogP contribution in [0.25, 0.3) is 5.00 Å². The molecule has 1 fully saturated rings. The van der Waals surface area contributed by atoms with Gasteiger partial charge in [-0.25, -0.2) is 4.68 Å². The van der Waals surface area contributed by atoms with Crippen molar-refractivity contribution in [2.24, 2.45) is 0 Å². The van der Waals surface area contributed by atoms with Crippen molar-refractivity contribution in [2.75, 3.05) is 31.6 Å². The minimum Gasteiger partial charge on any atom is -0.496 e. The van der Waals surface area contributed by atoms with Crippen LogP contribution in [0.15, 0.2) is 42.7 Å². The highest BCUT2D eigenvalue weighted by atomic mass is 32.1. The fourth-order valence-electron chi connectivity index (χ4n) is 5.98. The molecule has 0 bridgehead atoms. The van der Waals surface area contributed by atoms with Crippen molar-refractivity contribution in [3.8, 4) is 10.8 Å². The number of thiophene rings is 1. The average molecular weight is 596 g/mol. The Morgan fingerprint density at radius 1 is 1.14 bits per heavy atom. The number of rotatable bonds is 9. The van der Waals surface area contributed by atoms with Crippen LogP contribution in [0.1, 0.15) is 74.5 Å². The minimum atomic E-state index is -1.41. The Labute approximate surface area is 251 Å². The van der Waals surface area contributed by atoms with Gasteiger partial charge in [0.1, 0.15) is 27.4 Å². The fraction of sp³-hybridized carbons (Fsp3) is 0.516. The summed E-state index contributed by atoms with van der Waals surface area (Å²) in [6, 6.07) is 9.48. The minimum absolute atomic E-state index is 0.124. The molecular formula is C31H41N5O5S. The second kappa shape index (κ2) is 12.1. The molecule has 1 saturated heterocycles. The molecule has 1 unspecified atom stereocenters. The molecule has 0 spiro atoms. The van der Waals surface area contributed by atoms with Gasteiger partial charge in [-0.15, -0.1) is 0 Å². The average Bonchev–Trinajstić information content (AvgIpc) is 3.62. The Hall–Kier alpha value is -3.41. The maximum absolute atomic E-state index is 14.3. The molecule has 1 aromatic carbocycles. The number of benzene rings is 1.